The van der Waals surface area contributed by atoms with Crippen LogP contribution in [0.5, 0.6) is 0 Å². The van der Waals surface area contributed by atoms with E-state index in [0.717, 1.165) is 4.57 Å². The molecule has 0 unspecified atom stereocenters. The summed E-state index contributed by atoms with van der Waals surface area (Å²) in [5, 5.41) is 0. The van der Waals surface area contributed by atoms with Crippen molar-refractivity contribution in [3.05, 3.63) is 28.7 Å². The third kappa shape index (κ3) is 1.83. The molecule has 0 atom stereocenters. The van der Waals surface area contributed by atoms with Crippen LogP contribution in [0.25, 0.3) is 11.1 Å². The summed E-state index contributed by atoms with van der Waals surface area (Å²) >= 11 is 0. The Morgan fingerprint density at radius 1 is 1.41 bits per heavy atom. The molecule has 0 radical (unpaired) electrons. The van der Waals surface area contributed by atoms with Crippen molar-refractivity contribution in [2.45, 2.75) is 19.4 Å². The van der Waals surface area contributed by atoms with Crippen molar-refractivity contribution >= 4 is 22.7 Å². The highest BCUT2D eigenvalue weighted by Crippen LogP contribution is 2.17. The van der Waals surface area contributed by atoms with Gasteiger partial charge < -0.3 is 15.9 Å². The molecule has 90 valence electrons. The van der Waals surface area contributed by atoms with E-state index >= 15 is 0 Å². The van der Waals surface area contributed by atoms with Crippen molar-refractivity contribution in [2.24, 2.45) is 5.73 Å². The van der Waals surface area contributed by atoms with Crippen LogP contribution in [0.2, 0.25) is 0 Å². The maximum Gasteiger partial charge on any atom is 0.426 e. The van der Waals surface area contributed by atoms with Crippen LogP contribution in [0.1, 0.15) is 18.6 Å². The molecule has 0 spiro atoms. The number of fused-ring (bicyclic) bond motifs is 1. The molecule has 4 N–H and O–H groups in total. The first-order valence-corrected chi connectivity index (χ1v) is 5.05. The average Bonchev–Trinajstić information content (AvgIpc) is 2.50. The lowest BCUT2D eigenvalue weighted by atomic mass is 10.1. The van der Waals surface area contributed by atoms with Gasteiger partial charge in [0.2, 0.25) is 0 Å². The Bertz CT molecular complexity index is 646. The maximum atomic E-state index is 12.0. The summed E-state index contributed by atoms with van der Waals surface area (Å²) < 4.78 is 5.87. The van der Waals surface area contributed by atoms with Crippen LogP contribution >= 0.6 is 0 Å². The number of benzene rings is 1. The minimum Gasteiger partial charge on any atom is -0.407 e. The molecule has 0 saturated carbocycles. The second kappa shape index (κ2) is 3.46. The quantitative estimate of drug-likeness (QED) is 0.702. The lowest BCUT2D eigenvalue weighted by molar-refractivity contribution is 0.0823. The summed E-state index contributed by atoms with van der Waals surface area (Å²) in [4.78, 5) is 23.6. The number of oxazole rings is 1. The molecule has 0 bridgehead atoms. The number of carbonyl (C=O) groups excluding carboxylic acids is 1. The smallest absolute Gasteiger partial charge is 0.407 e. The average molecular weight is 235 g/mol. The minimum absolute atomic E-state index is 0.271. The lowest BCUT2D eigenvalue weighted by Gasteiger charge is -2.16. The Morgan fingerprint density at radius 2 is 2.06 bits per heavy atom. The Hall–Kier alpha value is -2.08. The van der Waals surface area contributed by atoms with Gasteiger partial charge in [-0.3, -0.25) is 4.79 Å². The fourth-order valence-electron chi connectivity index (χ4n) is 1.52. The fraction of sp³-hybridized carbons (Fsp3) is 0.273. The molecule has 0 aliphatic carbocycles. The molecular formula is C11H13N3O3. The van der Waals surface area contributed by atoms with E-state index in [4.69, 9.17) is 15.9 Å². The van der Waals surface area contributed by atoms with Crippen molar-refractivity contribution in [3.8, 4) is 0 Å². The van der Waals surface area contributed by atoms with Crippen LogP contribution in [-0.4, -0.2) is 16.0 Å². The first kappa shape index (κ1) is 11.4. The third-order valence-electron chi connectivity index (χ3n) is 2.36. The van der Waals surface area contributed by atoms with Gasteiger partial charge in [0.1, 0.15) is 0 Å². The number of hydrogen-bond donors (Lipinski definition) is 2. The van der Waals surface area contributed by atoms with Gasteiger partial charge in [0.05, 0.1) is 11.1 Å². The standard InChI is InChI=1S/C11H13N3O3/c1-11(2,13)9(15)14-7-4-3-6(12)5-8(7)17-10(14)16/h3-5H,12-13H2,1-2H3. The summed E-state index contributed by atoms with van der Waals surface area (Å²) in [6, 6.07) is 4.63. The number of nitrogens with zero attached hydrogens (tertiary/aromatic N) is 1. The van der Waals surface area contributed by atoms with Crippen LogP contribution in [0.4, 0.5) is 5.69 Å². The SMILES string of the molecule is CC(C)(N)C(=O)n1c(=O)oc2cc(N)ccc21. The summed E-state index contributed by atoms with van der Waals surface area (Å²) in [6.07, 6.45) is 0. The summed E-state index contributed by atoms with van der Waals surface area (Å²) in [5.41, 5.74) is 11.2. The summed E-state index contributed by atoms with van der Waals surface area (Å²) in [6.45, 7) is 3.05. The molecule has 0 aliphatic rings. The maximum absolute atomic E-state index is 12.0. The van der Waals surface area contributed by atoms with Crippen molar-refractivity contribution in [3.63, 3.8) is 0 Å². The number of aromatic nitrogens is 1. The number of nitrogen functional groups attached to an aromatic ring is 1. The summed E-state index contributed by atoms with van der Waals surface area (Å²) in [5.74, 6) is -1.28. The number of carbonyl (C=O) groups is 1. The van der Waals surface area contributed by atoms with E-state index in [-0.39, 0.29) is 5.58 Å². The van der Waals surface area contributed by atoms with Crippen LogP contribution in [-0.2, 0) is 0 Å². The molecule has 1 aromatic carbocycles. The van der Waals surface area contributed by atoms with Gasteiger partial charge in [-0.1, -0.05) is 0 Å². The Morgan fingerprint density at radius 3 is 2.65 bits per heavy atom. The molecule has 17 heavy (non-hydrogen) atoms. The molecule has 0 amide bonds. The van der Waals surface area contributed by atoms with E-state index in [2.05, 4.69) is 0 Å². The number of anilines is 1. The van der Waals surface area contributed by atoms with Crippen LogP contribution in [0.15, 0.2) is 27.4 Å². The van der Waals surface area contributed by atoms with Crippen molar-refractivity contribution < 1.29 is 9.21 Å². The first-order valence-electron chi connectivity index (χ1n) is 5.05. The van der Waals surface area contributed by atoms with Crippen molar-refractivity contribution in [1.82, 2.24) is 4.57 Å². The van der Waals surface area contributed by atoms with Gasteiger partial charge in [0, 0.05) is 11.8 Å². The normalized spacial score (nSPS) is 11.9. The number of nitrogens with two attached hydrogens (primary N) is 2. The highest BCUT2D eigenvalue weighted by Gasteiger charge is 2.27. The lowest BCUT2D eigenvalue weighted by Crippen LogP contribution is -2.47. The summed E-state index contributed by atoms with van der Waals surface area (Å²) in [7, 11) is 0. The van der Waals surface area contributed by atoms with Crippen molar-refractivity contribution in [2.75, 3.05) is 5.73 Å². The number of hydrogen-bond acceptors (Lipinski definition) is 5. The van der Waals surface area contributed by atoms with Gasteiger partial charge in [-0.15, -0.1) is 0 Å². The highest BCUT2D eigenvalue weighted by atomic mass is 16.4. The Labute approximate surface area is 96.8 Å². The fourth-order valence-corrected chi connectivity index (χ4v) is 1.52. The van der Waals surface area contributed by atoms with Gasteiger partial charge in [0.15, 0.2) is 5.58 Å². The highest BCUT2D eigenvalue weighted by molar-refractivity contribution is 5.94. The predicted octanol–water partition coefficient (Wildman–Crippen LogP) is 0.554. The van der Waals surface area contributed by atoms with Crippen LogP contribution in [0, 0.1) is 0 Å². The van der Waals surface area contributed by atoms with E-state index < -0.39 is 17.2 Å². The monoisotopic (exact) mass is 235 g/mol. The predicted molar refractivity (Wildman–Crippen MR) is 63.8 cm³/mol. The zero-order valence-corrected chi connectivity index (χ0v) is 9.56. The molecule has 2 aromatic rings. The first-order chi connectivity index (χ1) is 7.80. The molecule has 6 heteroatoms. The van der Waals surface area contributed by atoms with E-state index in [1.807, 2.05) is 0 Å². The zero-order chi connectivity index (χ0) is 12.8. The van der Waals surface area contributed by atoms with E-state index in [1.165, 1.54) is 19.9 Å². The minimum atomic E-state index is -1.15. The molecule has 1 aromatic heterocycles. The zero-order valence-electron chi connectivity index (χ0n) is 9.56. The largest absolute Gasteiger partial charge is 0.426 e. The Balaban J connectivity index is 2.74. The molecule has 0 aliphatic heterocycles. The van der Waals surface area contributed by atoms with Gasteiger partial charge >= 0.3 is 5.76 Å². The van der Waals surface area contributed by atoms with E-state index in [0.29, 0.717) is 11.2 Å². The van der Waals surface area contributed by atoms with Gasteiger partial charge in [-0.2, -0.15) is 0 Å². The topological polar surface area (TPSA) is 104 Å². The Kier molecular flexibility index (Phi) is 2.32. The van der Waals surface area contributed by atoms with Crippen molar-refractivity contribution in [1.29, 1.82) is 0 Å². The molecular weight excluding hydrogens is 222 g/mol. The molecule has 1 heterocycles. The molecule has 0 saturated heterocycles. The molecule has 2 rings (SSSR count). The number of rotatable bonds is 1. The molecule has 6 nitrogen and oxygen atoms in total. The van der Waals surface area contributed by atoms with E-state index in [1.54, 1.807) is 12.1 Å². The van der Waals surface area contributed by atoms with E-state index in [9.17, 15) is 9.59 Å². The second-order valence-corrected chi connectivity index (χ2v) is 4.46. The van der Waals surface area contributed by atoms with Gasteiger partial charge in [-0.25, -0.2) is 9.36 Å². The van der Waals surface area contributed by atoms with Gasteiger partial charge in [0.25, 0.3) is 5.91 Å². The van der Waals surface area contributed by atoms with Crippen LogP contribution in [0.3, 0.4) is 0 Å². The molecule has 0 fully saturated rings. The van der Waals surface area contributed by atoms with Crippen LogP contribution < -0.4 is 17.2 Å². The second-order valence-electron chi connectivity index (χ2n) is 4.46. The van der Waals surface area contributed by atoms with Gasteiger partial charge in [-0.05, 0) is 26.0 Å². The third-order valence-corrected chi connectivity index (χ3v) is 2.36.